The fourth-order valence-corrected chi connectivity index (χ4v) is 4.65. The molecule has 0 aliphatic heterocycles. The minimum absolute atomic E-state index is 0.207. The monoisotopic (exact) mass is 375 g/mol. The van der Waals surface area contributed by atoms with Gasteiger partial charge in [0.1, 0.15) is 10.8 Å². The minimum atomic E-state index is -0.363. The first kappa shape index (κ1) is 18.7. The summed E-state index contributed by atoms with van der Waals surface area (Å²) in [5.41, 5.74) is 1.56. The lowest BCUT2D eigenvalue weighted by Gasteiger charge is -2.21. The van der Waals surface area contributed by atoms with Crippen molar-refractivity contribution >= 4 is 28.2 Å². The molecular formula is C20H25NO4S. The average Bonchev–Trinajstić information content (AvgIpc) is 3.16. The van der Waals surface area contributed by atoms with Gasteiger partial charge >= 0.3 is 5.97 Å². The van der Waals surface area contributed by atoms with Crippen LogP contribution in [0.1, 0.15) is 70.7 Å². The summed E-state index contributed by atoms with van der Waals surface area (Å²) < 4.78 is 10.8. The summed E-state index contributed by atoms with van der Waals surface area (Å²) in [6.45, 7) is 7.64. The normalized spacial score (nSPS) is 16.4. The number of furan rings is 1. The van der Waals surface area contributed by atoms with E-state index in [1.807, 2.05) is 13.8 Å². The molecule has 0 radical (unpaired) electrons. The van der Waals surface area contributed by atoms with E-state index in [9.17, 15) is 9.59 Å². The molecule has 0 bridgehead atoms. The highest BCUT2D eigenvalue weighted by Gasteiger charge is 2.30. The summed E-state index contributed by atoms with van der Waals surface area (Å²) in [6.07, 6.45) is 3.78. The second-order valence-electron chi connectivity index (χ2n) is 7.04. The molecule has 0 fully saturated rings. The number of amides is 1. The van der Waals surface area contributed by atoms with Crippen molar-refractivity contribution in [3.8, 4) is 0 Å². The third kappa shape index (κ3) is 3.85. The standard InChI is InChI=1S/C20H25NO4S/c1-5-13-7-8-14-16(10-13)26-19(17(14)20(23)24-11(2)3)21-18(22)15-9-6-12(4)25-15/h6,9,11,13H,5,7-8,10H2,1-4H3,(H,21,22)/t13-/m1/s1. The van der Waals surface area contributed by atoms with Crippen LogP contribution in [0.4, 0.5) is 5.00 Å². The number of nitrogens with one attached hydrogen (secondary N) is 1. The molecule has 2 heterocycles. The van der Waals surface area contributed by atoms with Crippen molar-refractivity contribution in [3.63, 3.8) is 0 Å². The number of hydrogen-bond donors (Lipinski definition) is 1. The molecular weight excluding hydrogens is 350 g/mol. The molecule has 0 aromatic carbocycles. The maximum Gasteiger partial charge on any atom is 0.341 e. The summed E-state index contributed by atoms with van der Waals surface area (Å²) >= 11 is 1.49. The minimum Gasteiger partial charge on any atom is -0.459 e. The Balaban J connectivity index is 1.93. The van der Waals surface area contributed by atoms with Crippen LogP contribution < -0.4 is 5.32 Å². The zero-order chi connectivity index (χ0) is 18.8. The van der Waals surface area contributed by atoms with Crippen molar-refractivity contribution < 1.29 is 18.7 Å². The van der Waals surface area contributed by atoms with Crippen molar-refractivity contribution in [3.05, 3.63) is 39.7 Å². The fourth-order valence-electron chi connectivity index (χ4n) is 3.30. The Kier molecular flexibility index (Phi) is 5.51. The average molecular weight is 375 g/mol. The van der Waals surface area contributed by atoms with Crippen molar-refractivity contribution in [1.82, 2.24) is 0 Å². The van der Waals surface area contributed by atoms with Crippen LogP contribution in [-0.2, 0) is 17.6 Å². The van der Waals surface area contributed by atoms with E-state index < -0.39 is 0 Å². The van der Waals surface area contributed by atoms with E-state index in [1.54, 1.807) is 19.1 Å². The largest absolute Gasteiger partial charge is 0.459 e. The van der Waals surface area contributed by atoms with Crippen molar-refractivity contribution in [2.24, 2.45) is 5.92 Å². The van der Waals surface area contributed by atoms with Crippen LogP contribution in [0.15, 0.2) is 16.5 Å². The second kappa shape index (κ2) is 7.66. The summed E-state index contributed by atoms with van der Waals surface area (Å²) in [7, 11) is 0. The number of anilines is 1. The molecule has 140 valence electrons. The van der Waals surface area contributed by atoms with Gasteiger partial charge in [-0.3, -0.25) is 4.79 Å². The van der Waals surface area contributed by atoms with Crippen LogP contribution in [0.5, 0.6) is 0 Å². The van der Waals surface area contributed by atoms with Crippen LogP contribution >= 0.6 is 11.3 Å². The third-order valence-corrected chi connectivity index (χ3v) is 5.85. The third-order valence-electron chi connectivity index (χ3n) is 4.68. The molecule has 5 nitrogen and oxygen atoms in total. The molecule has 0 unspecified atom stereocenters. The molecule has 26 heavy (non-hydrogen) atoms. The highest BCUT2D eigenvalue weighted by Crippen LogP contribution is 2.41. The number of esters is 1. The van der Waals surface area contributed by atoms with Crippen LogP contribution in [0.3, 0.4) is 0 Å². The van der Waals surface area contributed by atoms with Crippen molar-refractivity contribution in [2.75, 3.05) is 5.32 Å². The lowest BCUT2D eigenvalue weighted by molar-refractivity contribution is 0.0378. The predicted octanol–water partition coefficient (Wildman–Crippen LogP) is 4.98. The first-order valence-corrected chi connectivity index (χ1v) is 9.94. The quantitative estimate of drug-likeness (QED) is 0.748. The summed E-state index contributed by atoms with van der Waals surface area (Å²) in [4.78, 5) is 26.4. The van der Waals surface area contributed by atoms with E-state index in [0.29, 0.717) is 22.2 Å². The van der Waals surface area contributed by atoms with Gasteiger partial charge in [0, 0.05) is 4.88 Å². The molecule has 1 aliphatic carbocycles. The fraction of sp³-hybridized carbons (Fsp3) is 0.500. The molecule has 0 saturated heterocycles. The second-order valence-corrected chi connectivity index (χ2v) is 8.15. The molecule has 1 amide bonds. The molecule has 0 saturated carbocycles. The van der Waals surface area contributed by atoms with Gasteiger partial charge in [0.25, 0.3) is 5.91 Å². The molecule has 1 aliphatic rings. The Hall–Kier alpha value is -2.08. The number of thiophene rings is 1. The molecule has 2 aromatic heterocycles. The van der Waals surface area contributed by atoms with Gasteiger partial charge in [-0.2, -0.15) is 0 Å². The van der Waals surface area contributed by atoms with Gasteiger partial charge in [-0.05, 0) is 63.6 Å². The van der Waals surface area contributed by atoms with Gasteiger partial charge < -0.3 is 14.5 Å². The zero-order valence-corrected chi connectivity index (χ0v) is 16.5. The van der Waals surface area contributed by atoms with E-state index in [1.165, 1.54) is 16.2 Å². The van der Waals surface area contributed by atoms with Crippen LogP contribution in [0.2, 0.25) is 0 Å². The number of carbonyl (C=O) groups is 2. The molecule has 2 aromatic rings. The van der Waals surface area contributed by atoms with Gasteiger partial charge in [-0.25, -0.2) is 4.79 Å². The number of carbonyl (C=O) groups excluding carboxylic acids is 2. The van der Waals surface area contributed by atoms with E-state index in [2.05, 4.69) is 12.2 Å². The highest BCUT2D eigenvalue weighted by molar-refractivity contribution is 7.17. The highest BCUT2D eigenvalue weighted by atomic mass is 32.1. The summed E-state index contributed by atoms with van der Waals surface area (Å²) in [5, 5.41) is 3.44. The number of aryl methyl sites for hydroxylation is 1. The molecule has 1 atom stereocenters. The Bertz CT molecular complexity index is 818. The van der Waals surface area contributed by atoms with Gasteiger partial charge in [0.2, 0.25) is 0 Å². The molecule has 6 heteroatoms. The van der Waals surface area contributed by atoms with E-state index in [-0.39, 0.29) is 23.7 Å². The maximum absolute atomic E-state index is 12.7. The van der Waals surface area contributed by atoms with Gasteiger partial charge in [-0.15, -0.1) is 11.3 Å². The Morgan fingerprint density at radius 1 is 1.38 bits per heavy atom. The van der Waals surface area contributed by atoms with Gasteiger partial charge in [0.15, 0.2) is 5.76 Å². The smallest absolute Gasteiger partial charge is 0.341 e. The van der Waals surface area contributed by atoms with Crippen LogP contribution in [0, 0.1) is 12.8 Å². The predicted molar refractivity (Wildman–Crippen MR) is 102 cm³/mol. The molecule has 0 spiro atoms. The Morgan fingerprint density at radius 2 is 2.15 bits per heavy atom. The lowest BCUT2D eigenvalue weighted by atomic mass is 9.85. The van der Waals surface area contributed by atoms with Crippen LogP contribution in [-0.4, -0.2) is 18.0 Å². The van der Waals surface area contributed by atoms with E-state index in [0.717, 1.165) is 31.2 Å². The molecule has 3 rings (SSSR count). The molecule has 1 N–H and O–H groups in total. The first-order valence-electron chi connectivity index (χ1n) is 9.12. The Labute approximate surface area is 157 Å². The van der Waals surface area contributed by atoms with Crippen molar-refractivity contribution in [2.45, 2.75) is 59.5 Å². The van der Waals surface area contributed by atoms with Gasteiger partial charge in [-0.1, -0.05) is 13.3 Å². The van der Waals surface area contributed by atoms with Gasteiger partial charge in [0.05, 0.1) is 11.7 Å². The zero-order valence-electron chi connectivity index (χ0n) is 15.7. The topological polar surface area (TPSA) is 68.5 Å². The Morgan fingerprint density at radius 3 is 2.77 bits per heavy atom. The number of ether oxygens (including phenoxy) is 1. The summed E-state index contributed by atoms with van der Waals surface area (Å²) in [6, 6.07) is 3.38. The van der Waals surface area contributed by atoms with E-state index in [4.69, 9.17) is 9.15 Å². The number of rotatable bonds is 5. The first-order chi connectivity index (χ1) is 12.4. The number of hydrogen-bond acceptors (Lipinski definition) is 5. The van der Waals surface area contributed by atoms with Crippen molar-refractivity contribution in [1.29, 1.82) is 0 Å². The lowest BCUT2D eigenvalue weighted by Crippen LogP contribution is -2.19. The van der Waals surface area contributed by atoms with E-state index >= 15 is 0 Å². The SMILES string of the molecule is CC[C@@H]1CCc2c(sc(NC(=O)c3ccc(C)o3)c2C(=O)OC(C)C)C1. The van der Waals surface area contributed by atoms with Crippen LogP contribution in [0.25, 0.3) is 0 Å². The number of fused-ring (bicyclic) bond motifs is 1. The summed E-state index contributed by atoms with van der Waals surface area (Å²) in [5.74, 6) is 0.835. The maximum atomic E-state index is 12.7.